The third-order valence-corrected chi connectivity index (χ3v) is 4.02. The van der Waals surface area contributed by atoms with Crippen molar-refractivity contribution in [3.8, 4) is 0 Å². The summed E-state index contributed by atoms with van der Waals surface area (Å²) in [5.41, 5.74) is -3.07. The summed E-state index contributed by atoms with van der Waals surface area (Å²) in [6.45, 7) is 0. The van der Waals surface area contributed by atoms with Crippen LogP contribution in [0.25, 0.3) is 0 Å². The summed E-state index contributed by atoms with van der Waals surface area (Å²) >= 11 is 5.49. The number of hydrogen-bond acceptors (Lipinski definition) is 2. The number of benzene rings is 2. The van der Waals surface area contributed by atoms with Crippen LogP contribution in [0.1, 0.15) is 17.5 Å². The standard InChI is InChI=1S/C16H9ClF5NO/c17-11-6-10(7-12(18)14(11)19)15(16(20,21)22)8-13(23-24-15)9-4-2-1-3-5-9/h1-7H,8H2. The van der Waals surface area contributed by atoms with Crippen LogP contribution in [-0.4, -0.2) is 11.9 Å². The van der Waals surface area contributed by atoms with Crippen LogP contribution in [0, 0.1) is 11.6 Å². The van der Waals surface area contributed by atoms with Crippen LogP contribution in [0.2, 0.25) is 5.02 Å². The molecule has 0 fully saturated rings. The van der Waals surface area contributed by atoms with Gasteiger partial charge in [-0.15, -0.1) is 0 Å². The van der Waals surface area contributed by atoms with Crippen molar-refractivity contribution in [3.05, 3.63) is 70.2 Å². The van der Waals surface area contributed by atoms with E-state index in [4.69, 9.17) is 16.4 Å². The van der Waals surface area contributed by atoms with Crippen molar-refractivity contribution in [2.75, 3.05) is 0 Å². The van der Waals surface area contributed by atoms with E-state index in [-0.39, 0.29) is 5.71 Å². The van der Waals surface area contributed by atoms with Gasteiger partial charge in [-0.3, -0.25) is 0 Å². The third-order valence-electron chi connectivity index (χ3n) is 3.74. The van der Waals surface area contributed by atoms with Gasteiger partial charge in [0.1, 0.15) is 0 Å². The highest BCUT2D eigenvalue weighted by molar-refractivity contribution is 6.30. The Morgan fingerprint density at radius 1 is 1.08 bits per heavy atom. The molecule has 1 unspecified atom stereocenters. The highest BCUT2D eigenvalue weighted by Gasteiger charge is 2.62. The lowest BCUT2D eigenvalue weighted by molar-refractivity contribution is -0.275. The molecular weight excluding hydrogens is 353 g/mol. The molecule has 0 saturated heterocycles. The molecule has 1 heterocycles. The van der Waals surface area contributed by atoms with Crippen molar-refractivity contribution in [3.63, 3.8) is 0 Å². The van der Waals surface area contributed by atoms with E-state index in [1.54, 1.807) is 30.3 Å². The maximum absolute atomic E-state index is 13.7. The van der Waals surface area contributed by atoms with Crippen LogP contribution >= 0.6 is 11.6 Å². The van der Waals surface area contributed by atoms with Gasteiger partial charge in [-0.2, -0.15) is 13.2 Å². The van der Waals surface area contributed by atoms with Crippen molar-refractivity contribution in [2.24, 2.45) is 5.16 Å². The van der Waals surface area contributed by atoms with Gasteiger partial charge in [-0.1, -0.05) is 47.1 Å². The molecule has 0 N–H and O–H groups in total. The monoisotopic (exact) mass is 361 g/mol. The Morgan fingerprint density at radius 2 is 1.75 bits per heavy atom. The lowest BCUT2D eigenvalue weighted by Crippen LogP contribution is -2.42. The van der Waals surface area contributed by atoms with E-state index in [1.807, 2.05) is 0 Å². The van der Waals surface area contributed by atoms with Gasteiger partial charge in [0.05, 0.1) is 10.7 Å². The van der Waals surface area contributed by atoms with Gasteiger partial charge in [-0.05, 0) is 17.7 Å². The minimum Gasteiger partial charge on any atom is -0.374 e. The fraction of sp³-hybridized carbons (Fsp3) is 0.188. The molecule has 8 heteroatoms. The third kappa shape index (κ3) is 2.62. The minimum absolute atomic E-state index is 0.0498. The summed E-state index contributed by atoms with van der Waals surface area (Å²) in [4.78, 5) is 4.72. The van der Waals surface area contributed by atoms with E-state index in [9.17, 15) is 22.0 Å². The van der Waals surface area contributed by atoms with Crippen molar-refractivity contribution >= 4 is 17.3 Å². The van der Waals surface area contributed by atoms with Gasteiger partial charge in [0.25, 0.3) is 5.60 Å². The number of halogens is 6. The molecule has 2 aromatic carbocycles. The molecule has 0 radical (unpaired) electrons. The molecule has 1 aliphatic heterocycles. The molecule has 0 bridgehead atoms. The number of oxime groups is 1. The quantitative estimate of drug-likeness (QED) is 0.532. The van der Waals surface area contributed by atoms with E-state index < -0.39 is 40.4 Å². The SMILES string of the molecule is Fc1cc(C2(C(F)(F)F)CC(c3ccccc3)=NO2)cc(Cl)c1F. The maximum atomic E-state index is 13.7. The molecule has 126 valence electrons. The van der Waals surface area contributed by atoms with E-state index in [1.165, 1.54) is 0 Å². The van der Waals surface area contributed by atoms with E-state index in [2.05, 4.69) is 5.16 Å². The van der Waals surface area contributed by atoms with Crippen molar-refractivity contribution < 1.29 is 26.8 Å². The Kier molecular flexibility index (Phi) is 3.99. The average molecular weight is 362 g/mol. The summed E-state index contributed by atoms with van der Waals surface area (Å²) in [5.74, 6) is -2.90. The lowest BCUT2D eigenvalue weighted by Gasteiger charge is -2.29. The fourth-order valence-electron chi connectivity index (χ4n) is 2.48. The molecule has 3 rings (SSSR count). The van der Waals surface area contributed by atoms with Gasteiger partial charge >= 0.3 is 6.18 Å². The maximum Gasteiger partial charge on any atom is 0.435 e. The topological polar surface area (TPSA) is 21.6 Å². The second kappa shape index (κ2) is 5.73. The number of rotatable bonds is 2. The van der Waals surface area contributed by atoms with Crippen molar-refractivity contribution in [2.45, 2.75) is 18.2 Å². The van der Waals surface area contributed by atoms with E-state index >= 15 is 0 Å². The normalized spacial score (nSPS) is 20.7. The Labute approximate surface area is 138 Å². The van der Waals surface area contributed by atoms with E-state index in [0.29, 0.717) is 17.7 Å². The molecule has 0 aliphatic carbocycles. The van der Waals surface area contributed by atoms with Gasteiger partial charge in [-0.25, -0.2) is 8.78 Å². The zero-order valence-electron chi connectivity index (χ0n) is 11.9. The number of alkyl halides is 3. The molecule has 1 aliphatic rings. The molecule has 1 atom stereocenters. The Balaban J connectivity index is 2.07. The Hall–Kier alpha value is -2.15. The highest BCUT2D eigenvalue weighted by Crippen LogP contribution is 2.49. The second-order valence-corrected chi connectivity index (χ2v) is 5.66. The summed E-state index contributed by atoms with van der Waals surface area (Å²) in [5, 5.41) is 2.76. The van der Waals surface area contributed by atoms with Gasteiger partial charge in [0.2, 0.25) is 0 Å². The smallest absolute Gasteiger partial charge is 0.374 e. The van der Waals surface area contributed by atoms with Gasteiger partial charge in [0, 0.05) is 12.0 Å². The largest absolute Gasteiger partial charge is 0.435 e. The molecule has 2 aromatic rings. The molecule has 0 amide bonds. The molecule has 0 spiro atoms. The van der Waals surface area contributed by atoms with Crippen LogP contribution < -0.4 is 0 Å². The van der Waals surface area contributed by atoms with Crippen LogP contribution in [0.5, 0.6) is 0 Å². The number of hydrogen-bond donors (Lipinski definition) is 0. The Morgan fingerprint density at radius 3 is 2.33 bits per heavy atom. The summed E-state index contributed by atoms with van der Waals surface area (Å²) in [6, 6.07) is 9.26. The lowest BCUT2D eigenvalue weighted by atomic mass is 9.86. The highest BCUT2D eigenvalue weighted by atomic mass is 35.5. The predicted molar refractivity (Wildman–Crippen MR) is 77.8 cm³/mol. The predicted octanol–water partition coefficient (Wildman–Crippen LogP) is 5.20. The molecule has 0 saturated carbocycles. The first-order valence-corrected chi connectivity index (χ1v) is 7.14. The second-order valence-electron chi connectivity index (χ2n) is 5.25. The van der Waals surface area contributed by atoms with Gasteiger partial charge in [0.15, 0.2) is 11.6 Å². The summed E-state index contributed by atoms with van der Waals surface area (Å²) in [7, 11) is 0. The van der Waals surface area contributed by atoms with E-state index in [0.717, 1.165) is 0 Å². The van der Waals surface area contributed by atoms with Crippen LogP contribution in [0.15, 0.2) is 47.6 Å². The molecule has 24 heavy (non-hydrogen) atoms. The van der Waals surface area contributed by atoms with Crippen molar-refractivity contribution in [1.82, 2.24) is 0 Å². The number of nitrogens with zero attached hydrogens (tertiary/aromatic N) is 1. The zero-order valence-corrected chi connectivity index (χ0v) is 12.6. The van der Waals surface area contributed by atoms with Crippen molar-refractivity contribution in [1.29, 1.82) is 0 Å². The summed E-state index contributed by atoms with van der Waals surface area (Å²) in [6.07, 6.45) is -5.59. The first-order chi connectivity index (χ1) is 11.2. The Bertz CT molecular complexity index is 783. The average Bonchev–Trinajstić information content (AvgIpc) is 2.99. The van der Waals surface area contributed by atoms with Crippen LogP contribution in [-0.2, 0) is 10.4 Å². The zero-order chi connectivity index (χ0) is 17.5. The van der Waals surface area contributed by atoms with Gasteiger partial charge < -0.3 is 4.84 Å². The molecule has 0 aromatic heterocycles. The first kappa shape index (κ1) is 16.7. The fourth-order valence-corrected chi connectivity index (χ4v) is 2.69. The summed E-state index contributed by atoms with van der Waals surface area (Å²) < 4.78 is 67.9. The van der Waals surface area contributed by atoms with Crippen LogP contribution in [0.3, 0.4) is 0 Å². The molecule has 2 nitrogen and oxygen atoms in total. The van der Waals surface area contributed by atoms with Crippen LogP contribution in [0.4, 0.5) is 22.0 Å². The molecular formula is C16H9ClF5NO. The minimum atomic E-state index is -4.92. The first-order valence-electron chi connectivity index (χ1n) is 6.77.